The number of rotatable bonds is 1. The molecule has 0 aliphatic carbocycles. The van der Waals surface area contributed by atoms with Gasteiger partial charge in [-0.25, -0.2) is 0 Å². The third-order valence-corrected chi connectivity index (χ3v) is 1.42. The van der Waals surface area contributed by atoms with Crippen molar-refractivity contribution < 1.29 is 0 Å². The van der Waals surface area contributed by atoms with Crippen LogP contribution in [-0.2, 0) is 5.88 Å². The Bertz CT molecular complexity index is 202. The number of alkyl halides is 1. The molecule has 0 spiro atoms. The van der Waals surface area contributed by atoms with Crippen LogP contribution >= 0.6 is 35.6 Å². The summed E-state index contributed by atoms with van der Waals surface area (Å²) in [4.78, 5) is 3.94. The number of aromatic nitrogens is 1. The molecule has 10 heavy (non-hydrogen) atoms. The quantitative estimate of drug-likeness (QED) is 0.632. The van der Waals surface area contributed by atoms with E-state index in [2.05, 4.69) is 4.98 Å². The van der Waals surface area contributed by atoms with Crippen molar-refractivity contribution in [1.82, 2.24) is 4.98 Å². The van der Waals surface area contributed by atoms with E-state index < -0.39 is 0 Å². The zero-order valence-corrected chi connectivity index (χ0v) is 7.38. The highest BCUT2D eigenvalue weighted by atomic mass is 35.5. The Hall–Kier alpha value is 0.0200. The molecule has 0 radical (unpaired) electrons. The fourth-order valence-corrected chi connectivity index (χ4v) is 0.850. The van der Waals surface area contributed by atoms with Crippen molar-refractivity contribution in [3.63, 3.8) is 0 Å². The molecule has 1 rings (SSSR count). The van der Waals surface area contributed by atoms with Crippen LogP contribution in [0.5, 0.6) is 0 Å². The highest BCUT2D eigenvalue weighted by Crippen LogP contribution is 2.08. The molecule has 0 aliphatic heterocycles. The van der Waals surface area contributed by atoms with E-state index in [0.29, 0.717) is 10.9 Å². The molecule has 0 fully saturated rings. The maximum atomic E-state index is 5.62. The molecular weight excluding hydrogens is 192 g/mol. The average Bonchev–Trinajstić information content (AvgIpc) is 1.88. The molecule has 0 saturated carbocycles. The Morgan fingerprint density at radius 1 is 1.50 bits per heavy atom. The van der Waals surface area contributed by atoms with Crippen LogP contribution in [0.2, 0.25) is 5.02 Å². The van der Waals surface area contributed by atoms with Gasteiger partial charge in [0.2, 0.25) is 0 Å². The molecular formula is C6H6Cl3N. The number of hydrogen-bond acceptors (Lipinski definition) is 1. The van der Waals surface area contributed by atoms with Crippen LogP contribution in [0.1, 0.15) is 5.69 Å². The zero-order valence-electron chi connectivity index (χ0n) is 5.05. The van der Waals surface area contributed by atoms with Crippen LogP contribution in [0, 0.1) is 0 Å². The predicted octanol–water partition coefficient (Wildman–Crippen LogP) is 2.90. The van der Waals surface area contributed by atoms with Gasteiger partial charge in [0.15, 0.2) is 0 Å². The molecule has 0 bridgehead atoms. The fourth-order valence-electron chi connectivity index (χ4n) is 0.522. The van der Waals surface area contributed by atoms with Gasteiger partial charge in [-0.15, -0.1) is 24.0 Å². The van der Waals surface area contributed by atoms with E-state index in [1.54, 1.807) is 18.3 Å². The highest BCUT2D eigenvalue weighted by Gasteiger charge is 1.90. The van der Waals surface area contributed by atoms with Gasteiger partial charge < -0.3 is 0 Å². The lowest BCUT2D eigenvalue weighted by Crippen LogP contribution is -1.81. The topological polar surface area (TPSA) is 12.9 Å². The monoisotopic (exact) mass is 197 g/mol. The Labute approximate surface area is 75.8 Å². The van der Waals surface area contributed by atoms with Crippen LogP contribution in [0.4, 0.5) is 0 Å². The molecule has 1 nitrogen and oxygen atoms in total. The minimum atomic E-state index is 0. The molecule has 56 valence electrons. The lowest BCUT2D eigenvalue weighted by atomic mass is 10.4. The van der Waals surface area contributed by atoms with Crippen molar-refractivity contribution in [2.75, 3.05) is 0 Å². The van der Waals surface area contributed by atoms with E-state index >= 15 is 0 Å². The van der Waals surface area contributed by atoms with Gasteiger partial charge in [-0.3, -0.25) is 4.98 Å². The third-order valence-electron chi connectivity index (χ3n) is 0.916. The van der Waals surface area contributed by atoms with Gasteiger partial charge in [-0.1, -0.05) is 11.6 Å². The van der Waals surface area contributed by atoms with Gasteiger partial charge in [-0.2, -0.15) is 0 Å². The van der Waals surface area contributed by atoms with Crippen LogP contribution in [0.15, 0.2) is 18.3 Å². The van der Waals surface area contributed by atoms with Crippen LogP contribution in [-0.4, -0.2) is 4.98 Å². The molecule has 4 heteroatoms. The maximum absolute atomic E-state index is 5.62. The molecule has 1 heterocycles. The van der Waals surface area contributed by atoms with E-state index in [1.165, 1.54) is 0 Å². The van der Waals surface area contributed by atoms with Gasteiger partial charge in [0.1, 0.15) is 0 Å². The van der Waals surface area contributed by atoms with Gasteiger partial charge >= 0.3 is 0 Å². The van der Waals surface area contributed by atoms with Crippen molar-refractivity contribution in [1.29, 1.82) is 0 Å². The van der Waals surface area contributed by atoms with Crippen LogP contribution < -0.4 is 0 Å². The Kier molecular flexibility index (Phi) is 4.79. The standard InChI is InChI=1S/C6H5Cl2N.ClH/c7-4-6-3-5(8)1-2-9-6;/h1-3H,4H2;1H. The summed E-state index contributed by atoms with van der Waals surface area (Å²) >= 11 is 11.1. The second kappa shape index (κ2) is 4.78. The van der Waals surface area contributed by atoms with Crippen molar-refractivity contribution >= 4 is 35.6 Å². The smallest absolute Gasteiger partial charge is 0.0647 e. The Morgan fingerprint density at radius 3 is 2.60 bits per heavy atom. The van der Waals surface area contributed by atoms with E-state index in [1.807, 2.05) is 0 Å². The van der Waals surface area contributed by atoms with Crippen molar-refractivity contribution in [2.24, 2.45) is 0 Å². The van der Waals surface area contributed by atoms with E-state index in [0.717, 1.165) is 5.69 Å². The first-order valence-electron chi connectivity index (χ1n) is 2.49. The van der Waals surface area contributed by atoms with Crippen molar-refractivity contribution in [3.8, 4) is 0 Å². The maximum Gasteiger partial charge on any atom is 0.0647 e. The van der Waals surface area contributed by atoms with Gasteiger partial charge in [0.25, 0.3) is 0 Å². The number of halogens is 3. The first kappa shape index (κ1) is 10.0. The van der Waals surface area contributed by atoms with E-state index in [-0.39, 0.29) is 12.4 Å². The summed E-state index contributed by atoms with van der Waals surface area (Å²) < 4.78 is 0. The lowest BCUT2D eigenvalue weighted by molar-refractivity contribution is 1.17. The van der Waals surface area contributed by atoms with Crippen LogP contribution in [0.25, 0.3) is 0 Å². The molecule has 0 amide bonds. The van der Waals surface area contributed by atoms with Crippen molar-refractivity contribution in [2.45, 2.75) is 5.88 Å². The summed E-state index contributed by atoms with van der Waals surface area (Å²) in [5, 5.41) is 0.681. The zero-order chi connectivity index (χ0) is 6.69. The molecule has 0 atom stereocenters. The van der Waals surface area contributed by atoms with Gasteiger partial charge in [0, 0.05) is 11.2 Å². The average molecular weight is 198 g/mol. The molecule has 0 saturated heterocycles. The summed E-state index contributed by atoms with van der Waals surface area (Å²) in [5.41, 5.74) is 0.809. The Morgan fingerprint density at radius 2 is 2.20 bits per heavy atom. The second-order valence-electron chi connectivity index (χ2n) is 1.60. The normalized spacial score (nSPS) is 8.60. The minimum absolute atomic E-state index is 0. The number of hydrogen-bond donors (Lipinski definition) is 0. The molecule has 0 aliphatic rings. The number of pyridine rings is 1. The predicted molar refractivity (Wildman–Crippen MR) is 46.1 cm³/mol. The molecule has 0 unspecified atom stereocenters. The van der Waals surface area contributed by atoms with Crippen molar-refractivity contribution in [3.05, 3.63) is 29.0 Å². The van der Waals surface area contributed by atoms with Gasteiger partial charge in [0.05, 0.1) is 11.6 Å². The highest BCUT2D eigenvalue weighted by molar-refractivity contribution is 6.30. The Balaban J connectivity index is 0.000000810. The van der Waals surface area contributed by atoms with E-state index in [4.69, 9.17) is 23.2 Å². The lowest BCUT2D eigenvalue weighted by Gasteiger charge is -1.91. The molecule has 0 aromatic carbocycles. The summed E-state index contributed by atoms with van der Waals surface area (Å²) in [7, 11) is 0. The molecule has 0 N–H and O–H groups in total. The molecule has 1 aromatic heterocycles. The summed E-state index contributed by atoms with van der Waals surface area (Å²) in [6.45, 7) is 0. The SMILES string of the molecule is Cl.ClCc1cc(Cl)ccn1. The summed E-state index contributed by atoms with van der Waals surface area (Å²) in [5.74, 6) is 0.417. The molecule has 1 aromatic rings. The van der Waals surface area contributed by atoms with Crippen LogP contribution in [0.3, 0.4) is 0 Å². The first-order chi connectivity index (χ1) is 4.33. The summed E-state index contributed by atoms with van der Waals surface area (Å²) in [6.07, 6.45) is 1.64. The van der Waals surface area contributed by atoms with Gasteiger partial charge in [-0.05, 0) is 12.1 Å². The second-order valence-corrected chi connectivity index (χ2v) is 2.30. The summed E-state index contributed by atoms with van der Waals surface area (Å²) in [6, 6.07) is 3.46. The third kappa shape index (κ3) is 2.74. The number of nitrogens with zero attached hydrogens (tertiary/aromatic N) is 1. The minimum Gasteiger partial charge on any atom is -0.260 e. The fraction of sp³-hybridized carbons (Fsp3) is 0.167. The largest absolute Gasteiger partial charge is 0.260 e. The first-order valence-corrected chi connectivity index (χ1v) is 3.40. The van der Waals surface area contributed by atoms with E-state index in [9.17, 15) is 0 Å².